The fourth-order valence-electron chi connectivity index (χ4n) is 5.77. The molecule has 0 bridgehead atoms. The Kier molecular flexibility index (Phi) is 8.31. The highest BCUT2D eigenvalue weighted by Gasteiger charge is 2.21. The van der Waals surface area contributed by atoms with Gasteiger partial charge in [0.2, 0.25) is 5.36 Å². The van der Waals surface area contributed by atoms with E-state index in [4.69, 9.17) is 19.6 Å². The lowest BCUT2D eigenvalue weighted by Gasteiger charge is -2.20. The van der Waals surface area contributed by atoms with Crippen molar-refractivity contribution in [2.75, 3.05) is 45.9 Å². The topological polar surface area (TPSA) is 130 Å². The molecule has 0 unspecified atom stereocenters. The van der Waals surface area contributed by atoms with Gasteiger partial charge in [-0.25, -0.2) is 4.58 Å². The Bertz CT molecular complexity index is 2560. The third-order valence-corrected chi connectivity index (χ3v) is 8.90. The number of ether oxygens (including phenoxy) is 2. The molecule has 0 atom stereocenters. The summed E-state index contributed by atoms with van der Waals surface area (Å²) >= 11 is 1.02. The number of nitrogens with two attached hydrogens (primary N) is 1. The van der Waals surface area contributed by atoms with Crippen LogP contribution < -0.4 is 35.1 Å². The number of hydrogen-bond donors (Lipinski definition) is 1. The van der Waals surface area contributed by atoms with Crippen LogP contribution in [0.1, 0.15) is 21.5 Å². The van der Waals surface area contributed by atoms with E-state index in [2.05, 4.69) is 20.6 Å². The monoisotopic (exact) mass is 681 g/mol. The minimum absolute atomic E-state index is 0.00203. The molecule has 10 nitrogen and oxygen atoms in total. The summed E-state index contributed by atoms with van der Waals surface area (Å²) in [5, 5.41) is 14.5. The number of fused-ring (bicyclic) bond motifs is 3. The molecule has 0 amide bonds. The standard InChI is InChI=1S/C39H31N5O5S/c1-43(2)24-9-16-29-33(20-24)49-34-21-25(44(3)4)10-17-30(34)35(29)28-15-7-22(18-31(28)39(45)46)6-8-23-19-32(40)38(37-36(23)41-50-42-37)48-27-13-11-26(47-5)12-14-27/h7,9-21H,1-5H3,(H2-,40,42,45,46). The van der Waals surface area contributed by atoms with Gasteiger partial charge in [-0.05, 0) is 66.2 Å². The third kappa shape index (κ3) is 5.93. The number of aromatic carboxylic acids is 1. The lowest BCUT2D eigenvalue weighted by atomic mass is 9.89. The van der Waals surface area contributed by atoms with Gasteiger partial charge in [-0.15, -0.1) is 0 Å². The van der Waals surface area contributed by atoms with Gasteiger partial charge in [-0.3, -0.25) is 0 Å². The highest BCUT2D eigenvalue weighted by atomic mass is 32.1. The zero-order valence-electron chi connectivity index (χ0n) is 27.9. The fourth-order valence-corrected chi connectivity index (χ4v) is 6.33. The quantitative estimate of drug-likeness (QED) is 0.105. The smallest absolute Gasteiger partial charge is 0.203 e. The molecule has 1 aliphatic heterocycles. The van der Waals surface area contributed by atoms with Gasteiger partial charge in [0, 0.05) is 59.6 Å². The summed E-state index contributed by atoms with van der Waals surface area (Å²) in [6.07, 6.45) is 0. The van der Waals surface area contributed by atoms with E-state index in [0.29, 0.717) is 62.0 Å². The molecule has 0 saturated carbocycles. The van der Waals surface area contributed by atoms with Crippen LogP contribution in [0.15, 0.2) is 89.3 Å². The molecule has 0 fully saturated rings. The van der Waals surface area contributed by atoms with Crippen LogP contribution in [0.3, 0.4) is 0 Å². The van der Waals surface area contributed by atoms with Gasteiger partial charge >= 0.3 is 0 Å². The Morgan fingerprint density at radius 3 is 2.36 bits per heavy atom. The number of aromatic nitrogens is 2. The Balaban J connectivity index is 1.33. The molecular weight excluding hydrogens is 651 g/mol. The number of anilines is 2. The molecule has 11 heteroatoms. The normalized spacial score (nSPS) is 11.0. The number of nitrogens with zero attached hydrogens (tertiary/aromatic N) is 4. The van der Waals surface area contributed by atoms with Crippen LogP contribution in [0, 0.1) is 11.8 Å². The number of carboxylic acid groups (broad SMARTS) is 1. The number of nitrogen functional groups attached to an aromatic ring is 1. The molecule has 0 radical (unpaired) electrons. The average molecular weight is 682 g/mol. The van der Waals surface area contributed by atoms with Gasteiger partial charge in [-0.2, -0.15) is 8.75 Å². The van der Waals surface area contributed by atoms with E-state index in [1.807, 2.05) is 74.1 Å². The number of methoxy groups -OCH3 is 1. The van der Waals surface area contributed by atoms with E-state index in [-0.39, 0.29) is 5.56 Å². The molecule has 4 aromatic carbocycles. The van der Waals surface area contributed by atoms with E-state index in [0.717, 1.165) is 39.3 Å². The maximum absolute atomic E-state index is 12.7. The van der Waals surface area contributed by atoms with Crippen LogP contribution >= 0.6 is 11.7 Å². The van der Waals surface area contributed by atoms with Gasteiger partial charge in [0.25, 0.3) is 0 Å². The van der Waals surface area contributed by atoms with Crippen LogP contribution in [0.5, 0.6) is 17.2 Å². The fraction of sp³-hybridized carbons (Fsp3) is 0.128. The molecule has 50 heavy (non-hydrogen) atoms. The molecule has 1 aromatic heterocycles. The van der Waals surface area contributed by atoms with Gasteiger partial charge < -0.3 is 34.4 Å². The van der Waals surface area contributed by atoms with Crippen LogP contribution in [0.4, 0.5) is 11.4 Å². The van der Waals surface area contributed by atoms with Crippen molar-refractivity contribution >= 4 is 51.1 Å². The van der Waals surface area contributed by atoms with Gasteiger partial charge in [-0.1, -0.05) is 17.9 Å². The van der Waals surface area contributed by atoms with Gasteiger partial charge in [0.15, 0.2) is 11.3 Å². The minimum atomic E-state index is -1.32. The number of rotatable bonds is 6. The lowest BCUT2D eigenvalue weighted by Crippen LogP contribution is -2.23. The van der Waals surface area contributed by atoms with Crippen molar-refractivity contribution in [3.05, 3.63) is 107 Å². The summed E-state index contributed by atoms with van der Waals surface area (Å²) in [5.41, 5.74) is 12.3. The molecule has 2 heterocycles. The summed E-state index contributed by atoms with van der Waals surface area (Å²) in [6, 6.07) is 25.7. The number of carboxylic acids is 1. The van der Waals surface area contributed by atoms with Crippen molar-refractivity contribution in [1.82, 2.24) is 13.3 Å². The second-order valence-electron chi connectivity index (χ2n) is 12.0. The first kappa shape index (κ1) is 32.2. The molecule has 2 aliphatic rings. The summed E-state index contributed by atoms with van der Waals surface area (Å²) in [4.78, 5) is 14.7. The van der Waals surface area contributed by atoms with Crippen molar-refractivity contribution in [3.63, 3.8) is 0 Å². The van der Waals surface area contributed by atoms with E-state index in [9.17, 15) is 9.90 Å². The third-order valence-electron chi connectivity index (χ3n) is 8.37. The largest absolute Gasteiger partial charge is 0.545 e. The predicted molar refractivity (Wildman–Crippen MR) is 195 cm³/mol. The van der Waals surface area contributed by atoms with Crippen molar-refractivity contribution in [3.8, 4) is 51.5 Å². The Morgan fingerprint density at radius 1 is 0.900 bits per heavy atom. The Hall–Kier alpha value is -6.38. The zero-order valence-corrected chi connectivity index (χ0v) is 28.7. The first-order valence-electron chi connectivity index (χ1n) is 15.5. The van der Waals surface area contributed by atoms with Crippen LogP contribution in [-0.4, -0.2) is 50.0 Å². The zero-order chi connectivity index (χ0) is 35.1. The van der Waals surface area contributed by atoms with E-state index < -0.39 is 5.97 Å². The van der Waals surface area contributed by atoms with Crippen LogP contribution in [0.2, 0.25) is 0 Å². The highest BCUT2D eigenvalue weighted by Crippen LogP contribution is 2.42. The Labute approximate surface area is 291 Å². The number of carbonyl (C=O) groups excluding carboxylic acids is 1. The number of carbonyl (C=O) groups is 1. The first-order valence-corrected chi connectivity index (χ1v) is 16.3. The van der Waals surface area contributed by atoms with Gasteiger partial charge in [0.1, 0.15) is 42.5 Å². The molecule has 0 spiro atoms. The Morgan fingerprint density at radius 2 is 1.64 bits per heavy atom. The van der Waals surface area contributed by atoms with E-state index >= 15 is 0 Å². The summed E-state index contributed by atoms with van der Waals surface area (Å²) in [6.45, 7) is 0. The van der Waals surface area contributed by atoms with E-state index in [1.54, 1.807) is 49.6 Å². The lowest BCUT2D eigenvalue weighted by molar-refractivity contribution is -0.254. The van der Waals surface area contributed by atoms with Crippen molar-refractivity contribution in [2.45, 2.75) is 0 Å². The first-order chi connectivity index (χ1) is 24.1. The van der Waals surface area contributed by atoms with Crippen LogP contribution in [-0.2, 0) is 0 Å². The molecule has 0 saturated heterocycles. The summed E-state index contributed by atoms with van der Waals surface area (Å²) < 4.78 is 28.6. The van der Waals surface area contributed by atoms with Crippen LogP contribution in [0.25, 0.3) is 44.5 Å². The molecular formula is C39H31N5O5S. The molecule has 248 valence electrons. The minimum Gasteiger partial charge on any atom is -0.545 e. The molecule has 2 N–H and O–H groups in total. The predicted octanol–water partition coefficient (Wildman–Crippen LogP) is 5.45. The molecule has 1 aliphatic carbocycles. The number of hydrogen-bond acceptors (Lipinski definition) is 10. The SMILES string of the molecule is COc1ccc(Oc2c(N)cc(C#Cc3ccc(-c4c5ccc(=[N+](C)C)cc-5oc5cc(N(C)C)ccc45)c(C(=O)[O-])c3)c3nsnc23)cc1. The molecule has 5 aromatic rings. The maximum Gasteiger partial charge on any atom is 0.203 e. The summed E-state index contributed by atoms with van der Waals surface area (Å²) in [5.74, 6) is 7.15. The van der Waals surface area contributed by atoms with Crippen molar-refractivity contribution in [1.29, 1.82) is 0 Å². The second kappa shape index (κ2) is 12.9. The molecule has 7 rings (SSSR count). The highest BCUT2D eigenvalue weighted by molar-refractivity contribution is 7.00. The second-order valence-corrected chi connectivity index (χ2v) is 12.5. The number of benzene rings is 5. The van der Waals surface area contributed by atoms with Crippen molar-refractivity contribution in [2.24, 2.45) is 0 Å². The van der Waals surface area contributed by atoms with Gasteiger partial charge in [0.05, 0.1) is 42.1 Å². The van der Waals surface area contributed by atoms with Crippen molar-refractivity contribution < 1.29 is 23.8 Å². The summed E-state index contributed by atoms with van der Waals surface area (Å²) in [7, 11) is 9.41. The van der Waals surface area contributed by atoms with E-state index in [1.165, 1.54) is 6.07 Å². The maximum atomic E-state index is 12.7. The average Bonchev–Trinajstić information content (AvgIpc) is 3.61.